The van der Waals surface area contributed by atoms with E-state index in [9.17, 15) is 4.39 Å². The van der Waals surface area contributed by atoms with Crippen LogP contribution in [0.2, 0.25) is 0 Å². The molecule has 2 heterocycles. The summed E-state index contributed by atoms with van der Waals surface area (Å²) in [5.74, 6) is -0.297. The Kier molecular flexibility index (Phi) is 2.64. The zero-order chi connectivity index (χ0) is 10.7. The van der Waals surface area contributed by atoms with Gasteiger partial charge in [0.25, 0.3) is 0 Å². The number of nitriles is 1. The highest BCUT2D eigenvalue weighted by Gasteiger charge is 2.14. The summed E-state index contributed by atoms with van der Waals surface area (Å²) in [5.41, 5.74) is 1.30. The zero-order valence-electron chi connectivity index (χ0n) is 8.15. The molecule has 0 amide bonds. The van der Waals surface area contributed by atoms with Crippen molar-refractivity contribution in [3.8, 4) is 6.19 Å². The highest BCUT2D eigenvalue weighted by molar-refractivity contribution is 5.64. The number of nitrogens with zero attached hydrogens (tertiary/aromatic N) is 3. The summed E-state index contributed by atoms with van der Waals surface area (Å²) in [6.07, 6.45) is 6.17. The average Bonchev–Trinajstić information content (AvgIpc) is 2.30. The van der Waals surface area contributed by atoms with Crippen molar-refractivity contribution < 1.29 is 4.39 Å². The molecule has 2 rings (SSSR count). The summed E-state index contributed by atoms with van der Waals surface area (Å²) in [6, 6.07) is 2.98. The summed E-state index contributed by atoms with van der Waals surface area (Å²) in [7, 11) is 0. The molecule has 0 bridgehead atoms. The molecule has 0 saturated heterocycles. The lowest BCUT2D eigenvalue weighted by atomic mass is 10.0. The summed E-state index contributed by atoms with van der Waals surface area (Å²) in [4.78, 5) is 5.64. The molecule has 0 saturated carbocycles. The van der Waals surface area contributed by atoms with Gasteiger partial charge in [-0.15, -0.1) is 0 Å². The van der Waals surface area contributed by atoms with Crippen LogP contribution in [0, 0.1) is 17.3 Å². The third-order valence-electron chi connectivity index (χ3n) is 2.41. The lowest BCUT2D eigenvalue weighted by Gasteiger charge is -2.20. The first-order valence-corrected chi connectivity index (χ1v) is 4.76. The Morgan fingerprint density at radius 2 is 2.40 bits per heavy atom. The number of pyridine rings is 1. The van der Waals surface area contributed by atoms with Gasteiger partial charge in [0.1, 0.15) is 11.5 Å². The van der Waals surface area contributed by atoms with Gasteiger partial charge in [-0.1, -0.05) is 6.08 Å². The lowest BCUT2D eigenvalue weighted by molar-refractivity contribution is 0.430. The number of hydrogen-bond donors (Lipinski definition) is 0. The molecule has 3 nitrogen and oxygen atoms in total. The van der Waals surface area contributed by atoms with Gasteiger partial charge in [0.05, 0.1) is 0 Å². The lowest BCUT2D eigenvalue weighted by Crippen LogP contribution is -2.23. The minimum atomic E-state index is -0.297. The van der Waals surface area contributed by atoms with Crippen LogP contribution in [0.1, 0.15) is 12.1 Å². The standard InChI is InChI=1S/C11H10FN3/c12-10-2-1-5-14-11(10)9-3-6-15(8-13)7-4-9/h1-3,5H,4,6-7H2. The smallest absolute Gasteiger partial charge is 0.179 e. The van der Waals surface area contributed by atoms with Gasteiger partial charge in [0.2, 0.25) is 0 Å². The van der Waals surface area contributed by atoms with Crippen molar-refractivity contribution in [3.05, 3.63) is 35.9 Å². The maximum atomic E-state index is 13.4. The highest BCUT2D eigenvalue weighted by Crippen LogP contribution is 2.22. The van der Waals surface area contributed by atoms with Crippen LogP contribution in [-0.4, -0.2) is 23.0 Å². The Morgan fingerprint density at radius 1 is 1.53 bits per heavy atom. The molecule has 1 aromatic heterocycles. The van der Waals surface area contributed by atoms with Crippen LogP contribution in [0.3, 0.4) is 0 Å². The Balaban J connectivity index is 2.24. The molecule has 0 aliphatic carbocycles. The van der Waals surface area contributed by atoms with Gasteiger partial charge < -0.3 is 4.90 Å². The van der Waals surface area contributed by atoms with E-state index in [1.54, 1.807) is 17.2 Å². The van der Waals surface area contributed by atoms with E-state index >= 15 is 0 Å². The third-order valence-corrected chi connectivity index (χ3v) is 2.41. The van der Waals surface area contributed by atoms with Crippen LogP contribution in [0.15, 0.2) is 24.4 Å². The largest absolute Gasteiger partial charge is 0.306 e. The van der Waals surface area contributed by atoms with Crippen LogP contribution < -0.4 is 0 Å². The van der Waals surface area contributed by atoms with Crippen molar-refractivity contribution in [1.82, 2.24) is 9.88 Å². The first-order chi connectivity index (χ1) is 7.31. The highest BCUT2D eigenvalue weighted by atomic mass is 19.1. The number of aromatic nitrogens is 1. The topological polar surface area (TPSA) is 39.9 Å². The second-order valence-electron chi connectivity index (χ2n) is 3.36. The predicted molar refractivity (Wildman–Crippen MR) is 54.0 cm³/mol. The Hall–Kier alpha value is -1.89. The summed E-state index contributed by atoms with van der Waals surface area (Å²) < 4.78 is 13.4. The van der Waals surface area contributed by atoms with Crippen molar-refractivity contribution in [2.75, 3.05) is 13.1 Å². The van der Waals surface area contributed by atoms with Crippen LogP contribution in [0.4, 0.5) is 4.39 Å². The second-order valence-corrected chi connectivity index (χ2v) is 3.36. The van der Waals surface area contributed by atoms with Gasteiger partial charge in [0.15, 0.2) is 6.19 Å². The first-order valence-electron chi connectivity index (χ1n) is 4.76. The monoisotopic (exact) mass is 203 g/mol. The van der Waals surface area contributed by atoms with Crippen molar-refractivity contribution in [2.24, 2.45) is 0 Å². The van der Waals surface area contributed by atoms with Crippen LogP contribution in [0.5, 0.6) is 0 Å². The van der Waals surface area contributed by atoms with E-state index < -0.39 is 0 Å². The van der Waals surface area contributed by atoms with E-state index in [-0.39, 0.29) is 5.82 Å². The number of rotatable bonds is 1. The van der Waals surface area contributed by atoms with Gasteiger partial charge in [0, 0.05) is 19.3 Å². The summed E-state index contributed by atoms with van der Waals surface area (Å²) in [5, 5.41) is 8.66. The quantitative estimate of drug-likeness (QED) is 0.653. The molecule has 0 unspecified atom stereocenters. The molecule has 0 N–H and O–H groups in total. The minimum absolute atomic E-state index is 0.297. The molecular formula is C11H10FN3. The van der Waals surface area contributed by atoms with Gasteiger partial charge in [-0.2, -0.15) is 5.26 Å². The average molecular weight is 203 g/mol. The maximum Gasteiger partial charge on any atom is 0.179 e. The molecule has 1 aliphatic rings. The fraction of sp³-hybridized carbons (Fsp3) is 0.273. The van der Waals surface area contributed by atoms with Gasteiger partial charge in [-0.3, -0.25) is 4.98 Å². The molecule has 1 aliphatic heterocycles. The summed E-state index contributed by atoms with van der Waals surface area (Å²) >= 11 is 0. The fourth-order valence-corrected chi connectivity index (χ4v) is 1.60. The zero-order valence-corrected chi connectivity index (χ0v) is 8.15. The van der Waals surface area contributed by atoms with E-state index in [2.05, 4.69) is 11.2 Å². The van der Waals surface area contributed by atoms with Crippen LogP contribution >= 0.6 is 0 Å². The molecule has 0 atom stereocenters. The molecule has 15 heavy (non-hydrogen) atoms. The Bertz CT molecular complexity index is 434. The molecule has 1 aromatic rings. The molecule has 0 radical (unpaired) electrons. The molecule has 0 aromatic carbocycles. The fourth-order valence-electron chi connectivity index (χ4n) is 1.60. The minimum Gasteiger partial charge on any atom is -0.306 e. The molecular weight excluding hydrogens is 193 g/mol. The molecule has 0 spiro atoms. The van der Waals surface area contributed by atoms with Gasteiger partial charge >= 0.3 is 0 Å². The number of hydrogen-bond acceptors (Lipinski definition) is 3. The van der Waals surface area contributed by atoms with E-state index in [1.807, 2.05) is 6.08 Å². The van der Waals surface area contributed by atoms with E-state index in [1.165, 1.54) is 6.07 Å². The van der Waals surface area contributed by atoms with Gasteiger partial charge in [-0.25, -0.2) is 4.39 Å². The van der Waals surface area contributed by atoms with Crippen molar-refractivity contribution in [3.63, 3.8) is 0 Å². The van der Waals surface area contributed by atoms with Crippen LogP contribution in [0.25, 0.3) is 5.57 Å². The second kappa shape index (κ2) is 4.09. The Morgan fingerprint density at radius 3 is 3.00 bits per heavy atom. The Labute approximate surface area is 87.5 Å². The first kappa shape index (κ1) is 9.66. The van der Waals surface area contributed by atoms with Gasteiger partial charge in [-0.05, 0) is 24.1 Å². The SMILES string of the molecule is N#CN1CC=C(c2ncccc2F)CC1. The summed E-state index contributed by atoms with van der Waals surface area (Å²) in [6.45, 7) is 1.18. The third kappa shape index (κ3) is 1.96. The van der Waals surface area contributed by atoms with E-state index in [0.717, 1.165) is 5.57 Å². The predicted octanol–water partition coefficient (Wildman–Crippen LogP) is 1.79. The van der Waals surface area contributed by atoms with Crippen molar-refractivity contribution in [1.29, 1.82) is 5.26 Å². The molecule has 4 heteroatoms. The maximum absolute atomic E-state index is 13.4. The van der Waals surface area contributed by atoms with E-state index in [0.29, 0.717) is 25.2 Å². The van der Waals surface area contributed by atoms with E-state index in [4.69, 9.17) is 5.26 Å². The van der Waals surface area contributed by atoms with Crippen LogP contribution in [-0.2, 0) is 0 Å². The molecule has 0 fully saturated rings. The van der Waals surface area contributed by atoms with Crippen molar-refractivity contribution in [2.45, 2.75) is 6.42 Å². The number of halogens is 1. The van der Waals surface area contributed by atoms with Crippen molar-refractivity contribution >= 4 is 5.57 Å². The molecule has 76 valence electrons. The normalized spacial score (nSPS) is 15.7.